The average Bonchev–Trinajstić information content (AvgIpc) is 2.41. The van der Waals surface area contributed by atoms with Gasteiger partial charge in [0.1, 0.15) is 5.82 Å². The first-order chi connectivity index (χ1) is 9.52. The normalized spacial score (nSPS) is 12.2. The minimum absolute atomic E-state index is 0.280. The molecule has 0 aliphatic rings. The second-order valence-electron chi connectivity index (χ2n) is 4.61. The van der Waals surface area contributed by atoms with E-state index in [1.165, 1.54) is 12.1 Å². The summed E-state index contributed by atoms with van der Waals surface area (Å²) in [6, 6.07) is 11.8. The van der Waals surface area contributed by atoms with Crippen molar-refractivity contribution < 1.29 is 9.50 Å². The maximum absolute atomic E-state index is 13.4. The molecule has 0 spiro atoms. The highest BCUT2D eigenvalue weighted by atomic mass is 35.5. The van der Waals surface area contributed by atoms with Gasteiger partial charge in [-0.15, -0.1) is 0 Å². The molecule has 1 atom stereocenters. The molecule has 20 heavy (non-hydrogen) atoms. The van der Waals surface area contributed by atoms with Crippen LogP contribution in [0.25, 0.3) is 0 Å². The molecule has 2 nitrogen and oxygen atoms in total. The molecule has 0 amide bonds. The largest absolute Gasteiger partial charge is 0.389 e. The first kappa shape index (κ1) is 14.8. The van der Waals surface area contributed by atoms with Crippen LogP contribution in [-0.4, -0.2) is 11.7 Å². The monoisotopic (exact) mass is 293 g/mol. The van der Waals surface area contributed by atoms with Crippen LogP contribution in [0.1, 0.15) is 25.5 Å². The summed E-state index contributed by atoms with van der Waals surface area (Å²) >= 11 is 6.29. The van der Waals surface area contributed by atoms with Gasteiger partial charge in [0, 0.05) is 12.2 Å². The zero-order valence-electron chi connectivity index (χ0n) is 11.5. The third-order valence-corrected chi connectivity index (χ3v) is 3.48. The Bertz CT molecular complexity index is 601. The van der Waals surface area contributed by atoms with E-state index in [0.29, 0.717) is 11.6 Å². The highest BCUT2D eigenvalue weighted by Crippen LogP contribution is 2.33. The number of aliphatic hydroxyl groups excluding tert-OH is 1. The van der Waals surface area contributed by atoms with Gasteiger partial charge in [-0.1, -0.05) is 23.7 Å². The summed E-state index contributed by atoms with van der Waals surface area (Å²) in [6.45, 7) is 4.33. The number of aliphatic hydroxyl groups is 1. The van der Waals surface area contributed by atoms with E-state index >= 15 is 0 Å². The highest BCUT2D eigenvalue weighted by Gasteiger charge is 2.13. The molecule has 2 aromatic rings. The lowest BCUT2D eigenvalue weighted by atomic mass is 10.1. The van der Waals surface area contributed by atoms with Crippen LogP contribution in [0.5, 0.6) is 0 Å². The molecule has 4 heteroatoms. The third kappa shape index (κ3) is 3.11. The van der Waals surface area contributed by atoms with E-state index < -0.39 is 6.10 Å². The van der Waals surface area contributed by atoms with Crippen molar-refractivity contribution in [2.45, 2.75) is 20.0 Å². The molecular weight excluding hydrogens is 277 g/mol. The van der Waals surface area contributed by atoms with Crippen molar-refractivity contribution in [3.05, 3.63) is 58.9 Å². The Hall–Kier alpha value is -1.58. The third-order valence-electron chi connectivity index (χ3n) is 3.18. The molecule has 0 bridgehead atoms. The van der Waals surface area contributed by atoms with Crippen LogP contribution in [-0.2, 0) is 0 Å². The van der Waals surface area contributed by atoms with Gasteiger partial charge in [-0.2, -0.15) is 0 Å². The van der Waals surface area contributed by atoms with Gasteiger partial charge in [-0.05, 0) is 49.7 Å². The quantitative estimate of drug-likeness (QED) is 0.884. The lowest BCUT2D eigenvalue weighted by molar-refractivity contribution is 0.199. The molecule has 0 fully saturated rings. The molecule has 0 aromatic heterocycles. The molecule has 0 aliphatic heterocycles. The van der Waals surface area contributed by atoms with Gasteiger partial charge >= 0.3 is 0 Å². The lowest BCUT2D eigenvalue weighted by Gasteiger charge is -2.25. The SMILES string of the molecule is CCN(c1cccc(F)c1)c1ccc(C(C)O)cc1Cl. The number of halogens is 2. The standard InChI is InChI=1S/C16H17ClFNO/c1-3-19(14-6-4-5-13(18)10-14)16-8-7-12(11(2)20)9-15(16)17/h4-11,20H,3H2,1-2H3. The zero-order chi connectivity index (χ0) is 14.7. The Morgan fingerprint density at radius 1 is 1.25 bits per heavy atom. The molecule has 2 aromatic carbocycles. The average molecular weight is 294 g/mol. The predicted octanol–water partition coefficient (Wildman–Crippen LogP) is 4.69. The Labute approximate surface area is 123 Å². The van der Waals surface area contributed by atoms with Gasteiger partial charge in [0.25, 0.3) is 0 Å². The summed E-state index contributed by atoms with van der Waals surface area (Å²) in [7, 11) is 0. The highest BCUT2D eigenvalue weighted by molar-refractivity contribution is 6.33. The molecular formula is C16H17ClFNO. The van der Waals surface area contributed by atoms with Crippen molar-refractivity contribution >= 4 is 23.0 Å². The van der Waals surface area contributed by atoms with Crippen LogP contribution in [0.4, 0.5) is 15.8 Å². The number of anilines is 2. The smallest absolute Gasteiger partial charge is 0.125 e. The number of rotatable bonds is 4. The van der Waals surface area contributed by atoms with Crippen molar-refractivity contribution in [2.75, 3.05) is 11.4 Å². The molecule has 1 N–H and O–H groups in total. The summed E-state index contributed by atoms with van der Waals surface area (Å²) in [4.78, 5) is 1.93. The van der Waals surface area contributed by atoms with Crippen LogP contribution < -0.4 is 4.90 Å². The molecule has 1 unspecified atom stereocenters. The van der Waals surface area contributed by atoms with Gasteiger partial charge in [0.15, 0.2) is 0 Å². The second-order valence-corrected chi connectivity index (χ2v) is 5.02. The van der Waals surface area contributed by atoms with Crippen molar-refractivity contribution in [1.29, 1.82) is 0 Å². The van der Waals surface area contributed by atoms with Gasteiger partial charge in [0.05, 0.1) is 16.8 Å². The maximum atomic E-state index is 13.4. The number of benzene rings is 2. The van der Waals surface area contributed by atoms with E-state index in [4.69, 9.17) is 11.6 Å². The molecule has 0 saturated carbocycles. The van der Waals surface area contributed by atoms with Crippen LogP contribution in [0.3, 0.4) is 0 Å². The van der Waals surface area contributed by atoms with Crippen LogP contribution in [0.2, 0.25) is 5.02 Å². The molecule has 0 radical (unpaired) electrons. The van der Waals surface area contributed by atoms with E-state index in [-0.39, 0.29) is 5.82 Å². The fourth-order valence-electron chi connectivity index (χ4n) is 2.14. The first-order valence-corrected chi connectivity index (χ1v) is 6.91. The van der Waals surface area contributed by atoms with Crippen LogP contribution >= 0.6 is 11.6 Å². The second kappa shape index (κ2) is 6.25. The van der Waals surface area contributed by atoms with Gasteiger partial charge in [0.2, 0.25) is 0 Å². The minimum atomic E-state index is -0.564. The molecule has 0 heterocycles. The van der Waals surface area contributed by atoms with Crippen LogP contribution in [0.15, 0.2) is 42.5 Å². The van der Waals surface area contributed by atoms with E-state index in [2.05, 4.69) is 0 Å². The number of nitrogens with zero attached hydrogens (tertiary/aromatic N) is 1. The van der Waals surface area contributed by atoms with Gasteiger partial charge in [-0.3, -0.25) is 0 Å². The number of hydrogen-bond donors (Lipinski definition) is 1. The molecule has 2 rings (SSSR count). The number of hydrogen-bond acceptors (Lipinski definition) is 2. The summed E-state index contributed by atoms with van der Waals surface area (Å²) in [6.07, 6.45) is -0.564. The van der Waals surface area contributed by atoms with Crippen molar-refractivity contribution in [3.8, 4) is 0 Å². The molecule has 0 saturated heterocycles. The zero-order valence-corrected chi connectivity index (χ0v) is 12.2. The van der Waals surface area contributed by atoms with E-state index in [9.17, 15) is 9.50 Å². The minimum Gasteiger partial charge on any atom is -0.389 e. The van der Waals surface area contributed by atoms with Gasteiger partial charge < -0.3 is 10.0 Å². The molecule has 106 valence electrons. The van der Waals surface area contributed by atoms with Crippen molar-refractivity contribution in [3.63, 3.8) is 0 Å². The Morgan fingerprint density at radius 3 is 2.55 bits per heavy atom. The maximum Gasteiger partial charge on any atom is 0.125 e. The van der Waals surface area contributed by atoms with E-state index in [1.54, 1.807) is 19.1 Å². The Morgan fingerprint density at radius 2 is 2.00 bits per heavy atom. The van der Waals surface area contributed by atoms with E-state index in [0.717, 1.165) is 16.9 Å². The summed E-state index contributed by atoms with van der Waals surface area (Å²) in [5.74, 6) is -0.280. The Kier molecular flexibility index (Phi) is 4.63. The van der Waals surface area contributed by atoms with Crippen molar-refractivity contribution in [1.82, 2.24) is 0 Å². The fourth-order valence-corrected chi connectivity index (χ4v) is 2.43. The van der Waals surface area contributed by atoms with Gasteiger partial charge in [-0.25, -0.2) is 4.39 Å². The van der Waals surface area contributed by atoms with Crippen LogP contribution in [0, 0.1) is 5.82 Å². The summed E-state index contributed by atoms with van der Waals surface area (Å²) in [5, 5.41) is 10.1. The fraction of sp³-hybridized carbons (Fsp3) is 0.250. The van der Waals surface area contributed by atoms with Crippen molar-refractivity contribution in [2.24, 2.45) is 0 Å². The topological polar surface area (TPSA) is 23.5 Å². The predicted molar refractivity (Wildman–Crippen MR) is 81.2 cm³/mol. The summed E-state index contributed by atoms with van der Waals surface area (Å²) < 4.78 is 13.4. The lowest BCUT2D eigenvalue weighted by Crippen LogP contribution is -2.16. The Balaban J connectivity index is 2.42. The summed E-state index contributed by atoms with van der Waals surface area (Å²) in [5.41, 5.74) is 2.30. The van der Waals surface area contributed by atoms with E-state index in [1.807, 2.05) is 30.0 Å². The first-order valence-electron chi connectivity index (χ1n) is 6.53. The molecule has 0 aliphatic carbocycles.